The van der Waals surface area contributed by atoms with E-state index in [1.165, 1.54) is 12.1 Å². The van der Waals surface area contributed by atoms with Gasteiger partial charge in [0.2, 0.25) is 0 Å². The summed E-state index contributed by atoms with van der Waals surface area (Å²) in [6.07, 6.45) is 3.70. The van der Waals surface area contributed by atoms with E-state index in [0.29, 0.717) is 11.1 Å². The molecule has 0 spiro atoms. The van der Waals surface area contributed by atoms with Gasteiger partial charge in [-0.1, -0.05) is 18.2 Å². The molecule has 1 N–H and O–H groups in total. The molecule has 0 radical (unpaired) electrons. The number of pyridine rings is 1. The monoisotopic (exact) mass is 418 g/mol. The van der Waals surface area contributed by atoms with Crippen LogP contribution < -0.4 is 5.76 Å². The summed E-state index contributed by atoms with van der Waals surface area (Å²) in [6, 6.07) is 14.8. The number of hydrogen-bond donors (Lipinski definition) is 1. The van der Waals surface area contributed by atoms with Gasteiger partial charge in [0.25, 0.3) is 0 Å². The normalized spacial score (nSPS) is 17.9. The fourth-order valence-electron chi connectivity index (χ4n) is 4.24. The lowest BCUT2D eigenvalue weighted by Crippen LogP contribution is -2.46. The van der Waals surface area contributed by atoms with Crippen LogP contribution in [0.25, 0.3) is 22.2 Å². The van der Waals surface area contributed by atoms with Gasteiger partial charge in [-0.3, -0.25) is 14.9 Å². The number of benzene rings is 2. The molecule has 6 nitrogen and oxygen atoms in total. The minimum atomic E-state index is -0.457. The number of hydrogen-bond acceptors (Lipinski definition) is 5. The molecule has 0 unspecified atom stereocenters. The number of halogens is 1. The van der Waals surface area contributed by atoms with Crippen LogP contribution in [0.1, 0.15) is 17.2 Å². The van der Waals surface area contributed by atoms with Crippen LogP contribution in [0, 0.1) is 5.82 Å². The average molecular weight is 418 g/mol. The van der Waals surface area contributed by atoms with E-state index in [-0.39, 0.29) is 11.9 Å². The first-order valence-corrected chi connectivity index (χ1v) is 10.3. The predicted molar refractivity (Wildman–Crippen MR) is 117 cm³/mol. The molecule has 1 fully saturated rings. The Balaban J connectivity index is 1.41. The first-order valence-electron chi connectivity index (χ1n) is 10.3. The van der Waals surface area contributed by atoms with E-state index in [4.69, 9.17) is 4.42 Å². The van der Waals surface area contributed by atoms with Crippen molar-refractivity contribution in [1.29, 1.82) is 0 Å². The molecule has 1 aliphatic rings. The summed E-state index contributed by atoms with van der Waals surface area (Å²) in [7, 11) is 2.12. The highest BCUT2D eigenvalue weighted by Crippen LogP contribution is 2.28. The molecule has 4 aromatic rings. The summed E-state index contributed by atoms with van der Waals surface area (Å²) in [5.41, 5.74) is 5.34. The van der Waals surface area contributed by atoms with Gasteiger partial charge in [0.05, 0.1) is 5.52 Å². The lowest BCUT2D eigenvalue weighted by atomic mass is 10.0. The summed E-state index contributed by atoms with van der Waals surface area (Å²) in [6.45, 7) is 3.54. The number of fused-ring (bicyclic) bond motifs is 1. The molecule has 31 heavy (non-hydrogen) atoms. The number of nitrogens with one attached hydrogen (secondary N) is 1. The minimum absolute atomic E-state index is 0.188. The van der Waals surface area contributed by atoms with E-state index in [9.17, 15) is 9.18 Å². The van der Waals surface area contributed by atoms with Crippen LogP contribution in [-0.2, 0) is 6.54 Å². The molecule has 0 bridgehead atoms. The van der Waals surface area contributed by atoms with Crippen molar-refractivity contribution >= 4 is 11.1 Å². The van der Waals surface area contributed by atoms with Crippen LogP contribution in [0.4, 0.5) is 4.39 Å². The molecule has 0 amide bonds. The number of aromatic amines is 1. The molecule has 1 aliphatic heterocycles. The number of aromatic nitrogens is 2. The van der Waals surface area contributed by atoms with Crippen LogP contribution in [0.3, 0.4) is 0 Å². The van der Waals surface area contributed by atoms with Crippen molar-refractivity contribution in [2.45, 2.75) is 12.6 Å². The van der Waals surface area contributed by atoms with Gasteiger partial charge in [-0.2, -0.15) is 0 Å². The average Bonchev–Trinajstić information content (AvgIpc) is 3.15. The van der Waals surface area contributed by atoms with E-state index >= 15 is 0 Å². The fourth-order valence-corrected chi connectivity index (χ4v) is 4.24. The molecule has 158 valence electrons. The number of oxazole rings is 1. The largest absolute Gasteiger partial charge is 0.417 e. The Hall–Kier alpha value is -3.29. The number of H-pyrrole nitrogens is 1. The molecule has 2 aromatic heterocycles. The highest BCUT2D eigenvalue weighted by Gasteiger charge is 2.26. The lowest BCUT2D eigenvalue weighted by Gasteiger charge is -2.40. The number of nitrogens with zero attached hydrogens (tertiary/aromatic N) is 3. The van der Waals surface area contributed by atoms with E-state index < -0.39 is 5.76 Å². The molecule has 7 heteroatoms. The van der Waals surface area contributed by atoms with E-state index in [1.54, 1.807) is 0 Å². The van der Waals surface area contributed by atoms with Crippen LogP contribution >= 0.6 is 0 Å². The van der Waals surface area contributed by atoms with Gasteiger partial charge in [0, 0.05) is 50.2 Å². The van der Waals surface area contributed by atoms with E-state index in [0.717, 1.165) is 48.4 Å². The van der Waals surface area contributed by atoms with Crippen molar-refractivity contribution in [1.82, 2.24) is 19.8 Å². The third-order valence-electron chi connectivity index (χ3n) is 5.88. The van der Waals surface area contributed by atoms with Gasteiger partial charge in [0.1, 0.15) is 5.82 Å². The fraction of sp³-hybridized carbons (Fsp3) is 0.250. The number of rotatable bonds is 4. The first kappa shape index (κ1) is 19.7. The van der Waals surface area contributed by atoms with E-state index in [2.05, 4.69) is 32.9 Å². The SMILES string of the molecule is CN1CCN(Cc2cncc(-c3ccc4[nH]c(=O)oc4c3)c2)[C@@H](c2ccc(F)cc2)C1. The van der Waals surface area contributed by atoms with Crippen molar-refractivity contribution < 1.29 is 8.81 Å². The molecular weight excluding hydrogens is 395 g/mol. The predicted octanol–water partition coefficient (Wildman–Crippen LogP) is 3.81. The van der Waals surface area contributed by atoms with Crippen LogP contribution in [-0.4, -0.2) is 46.4 Å². The third-order valence-corrected chi connectivity index (χ3v) is 5.88. The topological polar surface area (TPSA) is 65.4 Å². The first-order chi connectivity index (χ1) is 15.0. The molecule has 1 atom stereocenters. The van der Waals surface area contributed by atoms with Gasteiger partial charge in [-0.15, -0.1) is 0 Å². The summed E-state index contributed by atoms with van der Waals surface area (Å²) < 4.78 is 18.6. The van der Waals surface area contributed by atoms with Crippen LogP contribution in [0.15, 0.2) is 70.1 Å². The van der Waals surface area contributed by atoms with Crippen molar-refractivity contribution in [3.05, 3.63) is 88.4 Å². The lowest BCUT2D eigenvalue weighted by molar-refractivity contribution is 0.0832. The summed E-state index contributed by atoms with van der Waals surface area (Å²) in [5.74, 6) is -0.674. The van der Waals surface area contributed by atoms with Gasteiger partial charge >= 0.3 is 5.76 Å². The van der Waals surface area contributed by atoms with Gasteiger partial charge in [-0.25, -0.2) is 9.18 Å². The second-order valence-electron chi connectivity index (χ2n) is 8.11. The highest BCUT2D eigenvalue weighted by molar-refractivity contribution is 5.79. The molecule has 2 aromatic carbocycles. The summed E-state index contributed by atoms with van der Waals surface area (Å²) >= 11 is 0. The maximum atomic E-state index is 13.4. The zero-order valence-corrected chi connectivity index (χ0v) is 17.2. The zero-order valence-electron chi connectivity index (χ0n) is 17.2. The molecule has 0 saturated carbocycles. The van der Waals surface area contributed by atoms with Crippen molar-refractivity contribution in [2.24, 2.45) is 0 Å². The minimum Gasteiger partial charge on any atom is -0.408 e. The number of piperazine rings is 1. The van der Waals surface area contributed by atoms with E-state index in [1.807, 2.05) is 42.7 Å². The Morgan fingerprint density at radius 1 is 1.10 bits per heavy atom. The maximum Gasteiger partial charge on any atom is 0.417 e. The van der Waals surface area contributed by atoms with Crippen LogP contribution in [0.2, 0.25) is 0 Å². The zero-order chi connectivity index (χ0) is 21.4. The second-order valence-corrected chi connectivity index (χ2v) is 8.11. The van der Waals surface area contributed by atoms with Crippen LogP contribution in [0.5, 0.6) is 0 Å². The standard InChI is InChI=1S/C24H23FN4O2/c1-28-8-9-29(22(15-28)17-2-5-20(25)6-3-17)14-16-10-19(13-26-12-16)18-4-7-21-23(11-18)31-24(30)27-21/h2-7,10-13,22H,8-9,14-15H2,1H3,(H,27,30)/t22-/m1/s1. The Morgan fingerprint density at radius 2 is 1.94 bits per heavy atom. The quantitative estimate of drug-likeness (QED) is 0.546. The molecule has 3 heterocycles. The van der Waals surface area contributed by atoms with Gasteiger partial charge in [0.15, 0.2) is 5.58 Å². The highest BCUT2D eigenvalue weighted by atomic mass is 19.1. The van der Waals surface area contributed by atoms with Gasteiger partial charge in [-0.05, 0) is 54.1 Å². The molecule has 1 saturated heterocycles. The Labute approximate surface area is 178 Å². The molecule has 5 rings (SSSR count). The molecular formula is C24H23FN4O2. The Morgan fingerprint density at radius 3 is 2.77 bits per heavy atom. The smallest absolute Gasteiger partial charge is 0.408 e. The van der Waals surface area contributed by atoms with Crippen molar-refractivity contribution in [3.63, 3.8) is 0 Å². The van der Waals surface area contributed by atoms with Crippen molar-refractivity contribution in [2.75, 3.05) is 26.7 Å². The maximum absolute atomic E-state index is 13.4. The Kier molecular flexibility index (Phi) is 5.13. The number of likely N-dealkylation sites (N-methyl/N-ethyl adjacent to an activating group) is 1. The summed E-state index contributed by atoms with van der Waals surface area (Å²) in [5, 5.41) is 0. The van der Waals surface area contributed by atoms with Gasteiger partial charge < -0.3 is 9.32 Å². The second kappa shape index (κ2) is 8.09. The summed E-state index contributed by atoms with van der Waals surface area (Å²) in [4.78, 5) is 23.3. The third kappa shape index (κ3) is 4.15. The Bertz CT molecular complexity index is 1260. The van der Waals surface area contributed by atoms with Crippen molar-refractivity contribution in [3.8, 4) is 11.1 Å². The molecule has 0 aliphatic carbocycles.